The minimum atomic E-state index is -0.580. The molecule has 5 aromatic rings. The molecule has 1 aliphatic heterocycles. The van der Waals surface area contributed by atoms with Gasteiger partial charge >= 0.3 is 12.0 Å². The number of carbonyl (C=O) groups is 2. The fourth-order valence-corrected chi connectivity index (χ4v) is 5.71. The van der Waals surface area contributed by atoms with Crippen molar-refractivity contribution in [2.75, 3.05) is 13.2 Å². The summed E-state index contributed by atoms with van der Waals surface area (Å²) in [5, 5.41) is 14.8. The SMILES string of the molecule is CCOC(=O)CNC(=O)NCc1cccc(-c2ccc(C3OC(Cn4cnc5ccccc54)CC(c4ccc(CO)cc4)O3)cc2)c1. The zero-order valence-electron chi connectivity index (χ0n) is 26.2. The number of rotatable bonds is 11. The molecule has 2 heterocycles. The molecule has 47 heavy (non-hydrogen) atoms. The van der Waals surface area contributed by atoms with Gasteiger partial charge in [0.05, 0.1) is 49.3 Å². The molecule has 0 bridgehead atoms. The Kier molecular flexibility index (Phi) is 10.2. The van der Waals surface area contributed by atoms with Gasteiger partial charge in [0.25, 0.3) is 0 Å². The maximum atomic E-state index is 12.1. The van der Waals surface area contributed by atoms with Crippen molar-refractivity contribution in [3.05, 3.63) is 126 Å². The number of imidazole rings is 1. The highest BCUT2D eigenvalue weighted by atomic mass is 16.7. The van der Waals surface area contributed by atoms with E-state index in [1.54, 1.807) is 6.92 Å². The molecule has 10 heteroatoms. The number of nitrogens with zero attached hydrogens (tertiary/aromatic N) is 2. The van der Waals surface area contributed by atoms with Crippen LogP contribution in [0.4, 0.5) is 4.79 Å². The second-order valence-corrected chi connectivity index (χ2v) is 11.4. The van der Waals surface area contributed by atoms with Gasteiger partial charge in [-0.3, -0.25) is 4.79 Å². The average Bonchev–Trinajstić information content (AvgIpc) is 3.52. The van der Waals surface area contributed by atoms with Crippen LogP contribution >= 0.6 is 0 Å². The van der Waals surface area contributed by atoms with E-state index in [1.165, 1.54) is 0 Å². The highest BCUT2D eigenvalue weighted by Gasteiger charge is 2.32. The van der Waals surface area contributed by atoms with Crippen LogP contribution in [0.15, 0.2) is 103 Å². The molecular weight excluding hydrogens is 596 g/mol. The van der Waals surface area contributed by atoms with Crippen molar-refractivity contribution in [3.63, 3.8) is 0 Å². The van der Waals surface area contributed by atoms with Gasteiger partial charge in [-0.2, -0.15) is 0 Å². The molecule has 1 saturated heterocycles. The number of hydrogen-bond donors (Lipinski definition) is 3. The number of aliphatic hydroxyl groups excluding tert-OH is 1. The van der Waals surface area contributed by atoms with E-state index in [9.17, 15) is 14.7 Å². The second-order valence-electron chi connectivity index (χ2n) is 11.4. The van der Waals surface area contributed by atoms with Gasteiger partial charge in [0.2, 0.25) is 0 Å². The number of ether oxygens (including phenoxy) is 3. The summed E-state index contributed by atoms with van der Waals surface area (Å²) in [6.07, 6.45) is 1.62. The van der Waals surface area contributed by atoms with Crippen molar-refractivity contribution in [2.45, 2.75) is 51.5 Å². The lowest BCUT2D eigenvalue weighted by molar-refractivity contribution is -0.252. The highest BCUT2D eigenvalue weighted by Crippen LogP contribution is 2.39. The molecule has 3 N–H and O–H groups in total. The third-order valence-electron chi connectivity index (χ3n) is 8.14. The molecule has 4 aromatic carbocycles. The Hall–Kier alpha value is -5.03. The van der Waals surface area contributed by atoms with Gasteiger partial charge in [0.1, 0.15) is 6.54 Å². The summed E-state index contributed by atoms with van der Waals surface area (Å²) in [5.41, 5.74) is 7.72. The summed E-state index contributed by atoms with van der Waals surface area (Å²) < 4.78 is 20.1. The molecule has 0 radical (unpaired) electrons. The van der Waals surface area contributed by atoms with E-state index in [4.69, 9.17) is 14.2 Å². The molecule has 242 valence electrons. The van der Waals surface area contributed by atoms with Crippen LogP contribution in [0.5, 0.6) is 0 Å². The lowest BCUT2D eigenvalue weighted by Gasteiger charge is -2.36. The quantitative estimate of drug-likeness (QED) is 0.157. The first kappa shape index (κ1) is 31.9. The van der Waals surface area contributed by atoms with E-state index in [0.29, 0.717) is 19.5 Å². The Morgan fingerprint density at radius 2 is 1.68 bits per heavy atom. The molecule has 0 aliphatic carbocycles. The number of amides is 2. The standard InChI is InChI=1S/C37H38N4O6/c1-2-45-35(43)21-39-37(44)38-20-26-6-5-7-30(18-26)27-14-16-29(17-15-27)36-46-31(22-41-24-40-32-8-3-4-9-33(32)41)19-34(47-36)28-12-10-25(23-42)11-13-28/h3-18,24,31,34,36,42H,2,19-23H2,1H3,(H2,38,39,44). The normalized spacial score (nSPS) is 17.7. The number of urea groups is 1. The van der Waals surface area contributed by atoms with Crippen LogP contribution in [-0.4, -0.2) is 45.9 Å². The van der Waals surface area contributed by atoms with Gasteiger partial charge in [0.15, 0.2) is 6.29 Å². The van der Waals surface area contributed by atoms with Crippen molar-refractivity contribution < 1.29 is 28.9 Å². The molecule has 2 amide bonds. The molecule has 3 unspecified atom stereocenters. The summed E-state index contributed by atoms with van der Waals surface area (Å²) in [6.45, 7) is 2.73. The average molecular weight is 635 g/mol. The van der Waals surface area contributed by atoms with Crippen LogP contribution < -0.4 is 10.6 Å². The summed E-state index contributed by atoms with van der Waals surface area (Å²) in [6, 6.07) is 31.5. The molecule has 1 fully saturated rings. The van der Waals surface area contributed by atoms with Crippen molar-refractivity contribution in [1.82, 2.24) is 20.2 Å². The van der Waals surface area contributed by atoms with E-state index in [2.05, 4.69) is 26.3 Å². The number of nitrogens with one attached hydrogen (secondary N) is 2. The zero-order valence-corrected chi connectivity index (χ0v) is 26.2. The van der Waals surface area contributed by atoms with Crippen LogP contribution in [0.3, 0.4) is 0 Å². The van der Waals surface area contributed by atoms with E-state index < -0.39 is 18.3 Å². The Labute approximate surface area is 273 Å². The third kappa shape index (κ3) is 8.04. The fourth-order valence-electron chi connectivity index (χ4n) is 5.71. The number of fused-ring (bicyclic) bond motifs is 1. The Morgan fingerprint density at radius 3 is 2.47 bits per heavy atom. The minimum Gasteiger partial charge on any atom is -0.465 e. The van der Waals surface area contributed by atoms with Gasteiger partial charge in [-0.05, 0) is 52.9 Å². The summed E-state index contributed by atoms with van der Waals surface area (Å²) in [5.74, 6) is -0.480. The number of carbonyl (C=O) groups excluding carboxylic acids is 2. The van der Waals surface area contributed by atoms with Crippen LogP contribution in [0.1, 0.15) is 48.0 Å². The first-order valence-electron chi connectivity index (χ1n) is 15.8. The number of benzene rings is 4. The van der Waals surface area contributed by atoms with E-state index >= 15 is 0 Å². The van der Waals surface area contributed by atoms with Gasteiger partial charge in [-0.15, -0.1) is 0 Å². The third-order valence-corrected chi connectivity index (χ3v) is 8.14. The molecular formula is C37H38N4O6. The largest absolute Gasteiger partial charge is 0.465 e. The van der Waals surface area contributed by atoms with Crippen LogP contribution in [-0.2, 0) is 38.7 Å². The fraction of sp³-hybridized carbons (Fsp3) is 0.270. The van der Waals surface area contributed by atoms with E-state index in [-0.39, 0.29) is 32.0 Å². The van der Waals surface area contributed by atoms with Crippen molar-refractivity contribution >= 4 is 23.0 Å². The number of para-hydroxylation sites is 2. The maximum absolute atomic E-state index is 12.1. The van der Waals surface area contributed by atoms with Crippen LogP contribution in [0, 0.1) is 0 Å². The topological polar surface area (TPSA) is 124 Å². The Bertz CT molecular complexity index is 1800. The second kappa shape index (κ2) is 15.0. The van der Waals surface area contributed by atoms with Gasteiger partial charge in [-0.1, -0.05) is 78.9 Å². The molecule has 1 aliphatic rings. The molecule has 1 aromatic heterocycles. The molecule has 0 saturated carbocycles. The Morgan fingerprint density at radius 1 is 0.894 bits per heavy atom. The lowest BCUT2D eigenvalue weighted by atomic mass is 9.99. The molecule has 10 nitrogen and oxygen atoms in total. The minimum absolute atomic E-state index is 0.00784. The number of hydrogen-bond acceptors (Lipinski definition) is 7. The van der Waals surface area contributed by atoms with Crippen LogP contribution in [0.2, 0.25) is 0 Å². The number of aliphatic hydroxyl groups is 1. The Balaban J connectivity index is 1.15. The summed E-state index contributed by atoms with van der Waals surface area (Å²) in [7, 11) is 0. The van der Waals surface area contributed by atoms with Crippen molar-refractivity contribution in [3.8, 4) is 11.1 Å². The van der Waals surface area contributed by atoms with Crippen molar-refractivity contribution in [2.24, 2.45) is 0 Å². The van der Waals surface area contributed by atoms with Crippen LogP contribution in [0.25, 0.3) is 22.2 Å². The molecule has 0 spiro atoms. The van der Waals surface area contributed by atoms with Gasteiger partial charge in [-0.25, -0.2) is 9.78 Å². The summed E-state index contributed by atoms with van der Waals surface area (Å²) >= 11 is 0. The first-order valence-corrected chi connectivity index (χ1v) is 15.8. The molecule has 3 atom stereocenters. The smallest absolute Gasteiger partial charge is 0.325 e. The zero-order chi connectivity index (χ0) is 32.6. The lowest BCUT2D eigenvalue weighted by Crippen LogP contribution is -2.38. The predicted octanol–water partition coefficient (Wildman–Crippen LogP) is 5.80. The van der Waals surface area contributed by atoms with E-state index in [1.807, 2.05) is 97.3 Å². The number of aromatic nitrogens is 2. The predicted molar refractivity (Wildman–Crippen MR) is 177 cm³/mol. The maximum Gasteiger partial charge on any atom is 0.325 e. The van der Waals surface area contributed by atoms with Gasteiger partial charge in [0, 0.05) is 18.5 Å². The highest BCUT2D eigenvalue weighted by molar-refractivity contribution is 5.80. The first-order chi connectivity index (χ1) is 23.0. The number of esters is 1. The van der Waals surface area contributed by atoms with Gasteiger partial charge < -0.3 is 34.5 Å². The summed E-state index contributed by atoms with van der Waals surface area (Å²) in [4.78, 5) is 28.1. The molecule has 6 rings (SSSR count). The monoisotopic (exact) mass is 634 g/mol. The van der Waals surface area contributed by atoms with Crippen molar-refractivity contribution in [1.29, 1.82) is 0 Å². The van der Waals surface area contributed by atoms with E-state index in [0.717, 1.165) is 44.4 Å².